The highest BCUT2D eigenvalue weighted by Crippen LogP contribution is 2.26. The van der Waals surface area contributed by atoms with Gasteiger partial charge in [-0.1, -0.05) is 0 Å². The molecular weight excluding hydrogens is 202 g/mol. The van der Waals surface area contributed by atoms with E-state index in [1.165, 1.54) is 31.5 Å². The lowest BCUT2D eigenvalue weighted by Gasteiger charge is -2.12. The minimum Gasteiger partial charge on any atom is -0.508 e. The van der Waals surface area contributed by atoms with Crippen molar-refractivity contribution in [2.24, 2.45) is 0 Å². The first kappa shape index (κ1) is 9.73. The second-order valence-electron chi connectivity index (χ2n) is 4.42. The van der Waals surface area contributed by atoms with E-state index < -0.39 is 0 Å². The summed E-state index contributed by atoms with van der Waals surface area (Å²) in [6.07, 6.45) is 4.39. The standard InChI is InChI=1S/C13H15NO2/c15-11-3-4-13-12(7-11)10(9-16-13)8-14-5-1-2-6-14/h3-4,7,9,15H,1-2,5-6,8H2. The summed E-state index contributed by atoms with van der Waals surface area (Å²) in [5, 5.41) is 10.5. The fraction of sp³-hybridized carbons (Fsp3) is 0.385. The van der Waals surface area contributed by atoms with Crippen molar-refractivity contribution in [3.63, 3.8) is 0 Å². The summed E-state index contributed by atoms with van der Waals surface area (Å²) < 4.78 is 5.48. The Labute approximate surface area is 94.3 Å². The second kappa shape index (κ2) is 3.83. The predicted octanol–water partition coefficient (Wildman–Crippen LogP) is 2.73. The maximum absolute atomic E-state index is 9.48. The molecule has 3 rings (SSSR count). The molecule has 1 aliphatic rings. The average molecular weight is 217 g/mol. The molecule has 1 fully saturated rings. The highest BCUT2D eigenvalue weighted by molar-refractivity contribution is 5.82. The molecule has 1 N–H and O–H groups in total. The van der Waals surface area contributed by atoms with Crippen LogP contribution in [0, 0.1) is 0 Å². The van der Waals surface area contributed by atoms with E-state index in [4.69, 9.17) is 4.42 Å². The van der Waals surface area contributed by atoms with Crippen LogP contribution in [-0.2, 0) is 6.54 Å². The van der Waals surface area contributed by atoms with Gasteiger partial charge in [0.1, 0.15) is 11.3 Å². The van der Waals surface area contributed by atoms with Gasteiger partial charge in [-0.25, -0.2) is 0 Å². The van der Waals surface area contributed by atoms with E-state index in [1.54, 1.807) is 12.1 Å². The number of furan rings is 1. The number of phenolic OH excluding ortho intramolecular Hbond substituents is 1. The van der Waals surface area contributed by atoms with Crippen molar-refractivity contribution in [3.8, 4) is 5.75 Å². The topological polar surface area (TPSA) is 36.6 Å². The Kier molecular flexibility index (Phi) is 2.33. The lowest BCUT2D eigenvalue weighted by Crippen LogP contribution is -2.17. The lowest BCUT2D eigenvalue weighted by atomic mass is 10.1. The molecule has 1 aromatic heterocycles. The van der Waals surface area contributed by atoms with Crippen molar-refractivity contribution >= 4 is 11.0 Å². The zero-order valence-electron chi connectivity index (χ0n) is 9.15. The molecule has 1 aromatic carbocycles. The number of benzene rings is 1. The quantitative estimate of drug-likeness (QED) is 0.840. The molecule has 3 nitrogen and oxygen atoms in total. The van der Waals surface area contributed by atoms with Crippen molar-refractivity contribution < 1.29 is 9.52 Å². The Morgan fingerprint density at radius 1 is 1.25 bits per heavy atom. The molecular formula is C13H15NO2. The highest BCUT2D eigenvalue weighted by Gasteiger charge is 2.14. The molecule has 2 aromatic rings. The van der Waals surface area contributed by atoms with Gasteiger partial charge in [0, 0.05) is 17.5 Å². The normalized spacial score (nSPS) is 17.2. The molecule has 1 aliphatic heterocycles. The van der Waals surface area contributed by atoms with Crippen LogP contribution in [0.1, 0.15) is 18.4 Å². The van der Waals surface area contributed by atoms with Crippen LogP contribution in [0.5, 0.6) is 5.75 Å². The maximum Gasteiger partial charge on any atom is 0.134 e. The molecule has 2 heterocycles. The van der Waals surface area contributed by atoms with Crippen LogP contribution in [0.4, 0.5) is 0 Å². The van der Waals surface area contributed by atoms with Crippen molar-refractivity contribution in [2.75, 3.05) is 13.1 Å². The summed E-state index contributed by atoms with van der Waals surface area (Å²) in [5.41, 5.74) is 2.03. The van der Waals surface area contributed by atoms with E-state index in [0.717, 1.165) is 17.5 Å². The van der Waals surface area contributed by atoms with Gasteiger partial charge in [0.05, 0.1) is 6.26 Å². The molecule has 0 spiro atoms. The number of hydrogen-bond donors (Lipinski definition) is 1. The molecule has 0 bridgehead atoms. The van der Waals surface area contributed by atoms with E-state index in [2.05, 4.69) is 4.90 Å². The van der Waals surface area contributed by atoms with E-state index in [-0.39, 0.29) is 0 Å². The SMILES string of the molecule is Oc1ccc2occ(CN3CCCC3)c2c1. The van der Waals surface area contributed by atoms with Crippen LogP contribution >= 0.6 is 0 Å². The van der Waals surface area contributed by atoms with Gasteiger partial charge in [-0.15, -0.1) is 0 Å². The van der Waals surface area contributed by atoms with Crippen molar-refractivity contribution in [1.29, 1.82) is 0 Å². The van der Waals surface area contributed by atoms with Gasteiger partial charge in [-0.3, -0.25) is 4.90 Å². The average Bonchev–Trinajstić information content (AvgIpc) is 2.90. The molecule has 0 amide bonds. The number of nitrogens with zero attached hydrogens (tertiary/aromatic N) is 1. The Hall–Kier alpha value is -1.48. The Bertz CT molecular complexity index is 498. The lowest BCUT2D eigenvalue weighted by molar-refractivity contribution is 0.331. The van der Waals surface area contributed by atoms with Gasteiger partial charge in [-0.2, -0.15) is 0 Å². The summed E-state index contributed by atoms with van der Waals surface area (Å²) in [5.74, 6) is 0.302. The van der Waals surface area contributed by atoms with E-state index in [1.807, 2.05) is 12.3 Å². The number of fused-ring (bicyclic) bond motifs is 1. The zero-order valence-corrected chi connectivity index (χ0v) is 9.15. The first-order valence-corrected chi connectivity index (χ1v) is 5.74. The van der Waals surface area contributed by atoms with Crippen LogP contribution in [-0.4, -0.2) is 23.1 Å². The maximum atomic E-state index is 9.48. The monoisotopic (exact) mass is 217 g/mol. The van der Waals surface area contributed by atoms with E-state index in [9.17, 15) is 5.11 Å². The highest BCUT2D eigenvalue weighted by atomic mass is 16.3. The van der Waals surface area contributed by atoms with E-state index >= 15 is 0 Å². The van der Waals surface area contributed by atoms with Gasteiger partial charge in [-0.05, 0) is 44.1 Å². The Morgan fingerprint density at radius 3 is 2.88 bits per heavy atom. The van der Waals surface area contributed by atoms with Gasteiger partial charge in [0.15, 0.2) is 0 Å². The summed E-state index contributed by atoms with van der Waals surface area (Å²) in [4.78, 5) is 2.42. The van der Waals surface area contributed by atoms with Crippen molar-refractivity contribution in [2.45, 2.75) is 19.4 Å². The van der Waals surface area contributed by atoms with Crippen molar-refractivity contribution in [1.82, 2.24) is 4.90 Å². The smallest absolute Gasteiger partial charge is 0.134 e. The number of likely N-dealkylation sites (tertiary alicyclic amines) is 1. The van der Waals surface area contributed by atoms with Gasteiger partial charge in [0.2, 0.25) is 0 Å². The number of rotatable bonds is 2. The second-order valence-corrected chi connectivity index (χ2v) is 4.42. The molecule has 0 unspecified atom stereocenters. The minimum absolute atomic E-state index is 0.302. The van der Waals surface area contributed by atoms with Gasteiger partial charge >= 0.3 is 0 Å². The third kappa shape index (κ3) is 1.67. The molecule has 3 heteroatoms. The van der Waals surface area contributed by atoms with Crippen LogP contribution < -0.4 is 0 Å². The third-order valence-electron chi connectivity index (χ3n) is 3.23. The Morgan fingerprint density at radius 2 is 2.06 bits per heavy atom. The van der Waals surface area contributed by atoms with Crippen molar-refractivity contribution in [3.05, 3.63) is 30.0 Å². The summed E-state index contributed by atoms with van der Waals surface area (Å²) in [7, 11) is 0. The fourth-order valence-corrected chi connectivity index (χ4v) is 2.37. The molecule has 16 heavy (non-hydrogen) atoms. The predicted molar refractivity (Wildman–Crippen MR) is 62.4 cm³/mol. The molecule has 1 saturated heterocycles. The van der Waals surface area contributed by atoms with E-state index in [0.29, 0.717) is 5.75 Å². The third-order valence-corrected chi connectivity index (χ3v) is 3.23. The van der Waals surface area contributed by atoms with Crippen LogP contribution in [0.2, 0.25) is 0 Å². The first-order valence-electron chi connectivity index (χ1n) is 5.74. The summed E-state index contributed by atoms with van der Waals surface area (Å²) in [6.45, 7) is 3.27. The molecule has 0 atom stereocenters. The number of aromatic hydroxyl groups is 1. The first-order chi connectivity index (χ1) is 7.83. The van der Waals surface area contributed by atoms with Gasteiger partial charge < -0.3 is 9.52 Å². The molecule has 0 aliphatic carbocycles. The fourth-order valence-electron chi connectivity index (χ4n) is 2.37. The van der Waals surface area contributed by atoms with Crippen LogP contribution in [0.25, 0.3) is 11.0 Å². The summed E-state index contributed by atoms with van der Waals surface area (Å²) in [6, 6.07) is 5.26. The van der Waals surface area contributed by atoms with Crippen LogP contribution in [0.3, 0.4) is 0 Å². The number of phenols is 1. The van der Waals surface area contributed by atoms with Gasteiger partial charge in [0.25, 0.3) is 0 Å². The minimum atomic E-state index is 0.302. The molecule has 84 valence electrons. The number of hydrogen-bond acceptors (Lipinski definition) is 3. The summed E-state index contributed by atoms with van der Waals surface area (Å²) >= 11 is 0. The molecule has 0 radical (unpaired) electrons. The molecule has 0 saturated carbocycles. The van der Waals surface area contributed by atoms with Crippen LogP contribution in [0.15, 0.2) is 28.9 Å². The largest absolute Gasteiger partial charge is 0.508 e. The zero-order chi connectivity index (χ0) is 11.0. The Balaban J connectivity index is 1.93.